The molecule has 0 aliphatic heterocycles. The van der Waals surface area contributed by atoms with Crippen molar-refractivity contribution in [3.05, 3.63) is 102 Å². The zero-order valence-corrected chi connectivity index (χ0v) is 16.4. The van der Waals surface area contributed by atoms with Gasteiger partial charge in [0.25, 0.3) is 11.8 Å². The van der Waals surface area contributed by atoms with Gasteiger partial charge in [0.1, 0.15) is 5.75 Å². The Bertz CT molecular complexity index is 1210. The van der Waals surface area contributed by atoms with Gasteiger partial charge in [0.2, 0.25) is 0 Å². The first-order valence-corrected chi connectivity index (χ1v) is 9.48. The van der Waals surface area contributed by atoms with Gasteiger partial charge in [0.15, 0.2) is 0 Å². The molecule has 0 aliphatic carbocycles. The van der Waals surface area contributed by atoms with E-state index in [4.69, 9.17) is 4.74 Å². The topological polar surface area (TPSA) is 67.4 Å². The lowest BCUT2D eigenvalue weighted by Crippen LogP contribution is -2.14. The van der Waals surface area contributed by atoms with Gasteiger partial charge >= 0.3 is 0 Å². The highest BCUT2D eigenvalue weighted by molar-refractivity contribution is 6.09. The van der Waals surface area contributed by atoms with E-state index in [-0.39, 0.29) is 11.8 Å². The molecule has 0 heterocycles. The van der Waals surface area contributed by atoms with Crippen molar-refractivity contribution in [1.29, 1.82) is 0 Å². The number of ether oxygens (including phenoxy) is 1. The summed E-state index contributed by atoms with van der Waals surface area (Å²) in [6.07, 6.45) is 0. The van der Waals surface area contributed by atoms with Crippen molar-refractivity contribution in [3.63, 3.8) is 0 Å². The summed E-state index contributed by atoms with van der Waals surface area (Å²) in [5, 5.41) is 7.83. The van der Waals surface area contributed by atoms with Crippen molar-refractivity contribution in [1.82, 2.24) is 0 Å². The number of nitrogens with one attached hydrogen (secondary N) is 2. The summed E-state index contributed by atoms with van der Waals surface area (Å²) in [4.78, 5) is 25.1. The minimum Gasteiger partial charge on any atom is -0.497 e. The van der Waals surface area contributed by atoms with Crippen LogP contribution in [0.1, 0.15) is 20.7 Å². The smallest absolute Gasteiger partial charge is 0.255 e. The second kappa shape index (κ2) is 8.49. The van der Waals surface area contributed by atoms with Gasteiger partial charge in [-0.05, 0) is 53.9 Å². The van der Waals surface area contributed by atoms with Gasteiger partial charge in [-0.3, -0.25) is 9.59 Å². The molecule has 0 saturated heterocycles. The molecule has 0 saturated carbocycles. The highest BCUT2D eigenvalue weighted by Crippen LogP contribution is 2.24. The number of hydrogen-bond acceptors (Lipinski definition) is 3. The third kappa shape index (κ3) is 4.15. The summed E-state index contributed by atoms with van der Waals surface area (Å²) in [5.74, 6) is 0.155. The average Bonchev–Trinajstić information content (AvgIpc) is 2.80. The second-order valence-corrected chi connectivity index (χ2v) is 6.74. The van der Waals surface area contributed by atoms with Crippen LogP contribution >= 0.6 is 0 Å². The number of carbonyl (C=O) groups is 2. The Kier molecular flexibility index (Phi) is 5.44. The molecule has 0 aromatic heterocycles. The Morgan fingerprint density at radius 3 is 2.20 bits per heavy atom. The van der Waals surface area contributed by atoms with Crippen LogP contribution in [0.5, 0.6) is 5.75 Å². The summed E-state index contributed by atoms with van der Waals surface area (Å²) >= 11 is 0. The molecule has 4 rings (SSSR count). The van der Waals surface area contributed by atoms with Gasteiger partial charge < -0.3 is 15.4 Å². The molecule has 30 heavy (non-hydrogen) atoms. The van der Waals surface area contributed by atoms with Crippen LogP contribution in [0.4, 0.5) is 11.4 Å². The molecule has 0 atom stereocenters. The van der Waals surface area contributed by atoms with Crippen LogP contribution in [0, 0.1) is 0 Å². The van der Waals surface area contributed by atoms with E-state index in [9.17, 15) is 9.59 Å². The molecular weight excluding hydrogens is 376 g/mol. The van der Waals surface area contributed by atoms with E-state index in [1.54, 1.807) is 55.6 Å². The fourth-order valence-electron chi connectivity index (χ4n) is 3.20. The molecule has 0 bridgehead atoms. The number of rotatable bonds is 5. The number of carbonyl (C=O) groups excluding carboxylic acids is 2. The lowest BCUT2D eigenvalue weighted by molar-refractivity contribution is 0.102. The number of methoxy groups -OCH3 is 1. The highest BCUT2D eigenvalue weighted by Gasteiger charge is 2.10. The van der Waals surface area contributed by atoms with Crippen LogP contribution in [0.15, 0.2) is 91.0 Å². The summed E-state index contributed by atoms with van der Waals surface area (Å²) in [6.45, 7) is 0. The standard InChI is InChI=1S/C25H20N2O3/c1-30-21-9-4-8-19(16-21)25(29)26-20-14-12-18(13-15-20)24(28)27-23-11-5-7-17-6-2-3-10-22(17)23/h2-16H,1H3,(H,26,29)(H,27,28). The molecule has 0 spiro atoms. The first-order valence-electron chi connectivity index (χ1n) is 9.48. The Labute approximate surface area is 174 Å². The number of hydrogen-bond donors (Lipinski definition) is 2. The average molecular weight is 396 g/mol. The highest BCUT2D eigenvalue weighted by atomic mass is 16.5. The molecule has 0 unspecified atom stereocenters. The predicted octanol–water partition coefficient (Wildman–Crippen LogP) is 5.35. The molecule has 5 heteroatoms. The number of amides is 2. The third-order valence-corrected chi connectivity index (χ3v) is 4.77. The molecule has 5 nitrogen and oxygen atoms in total. The summed E-state index contributed by atoms with van der Waals surface area (Å²) in [6, 6.07) is 27.4. The quantitative estimate of drug-likeness (QED) is 0.478. The lowest BCUT2D eigenvalue weighted by Gasteiger charge is -2.10. The van der Waals surface area contributed by atoms with Gasteiger partial charge in [0.05, 0.1) is 7.11 Å². The molecule has 0 fully saturated rings. The maximum Gasteiger partial charge on any atom is 0.255 e. The van der Waals surface area contributed by atoms with E-state index >= 15 is 0 Å². The van der Waals surface area contributed by atoms with Crippen molar-refractivity contribution < 1.29 is 14.3 Å². The molecule has 4 aromatic carbocycles. The molecule has 0 aliphatic rings. The Hall–Kier alpha value is -4.12. The second-order valence-electron chi connectivity index (χ2n) is 6.74. The minimum atomic E-state index is -0.248. The van der Waals surface area contributed by atoms with Crippen molar-refractivity contribution in [2.75, 3.05) is 17.7 Å². The van der Waals surface area contributed by atoms with Gasteiger partial charge in [-0.15, -0.1) is 0 Å². The monoisotopic (exact) mass is 396 g/mol. The third-order valence-electron chi connectivity index (χ3n) is 4.77. The molecular formula is C25H20N2O3. The number of anilines is 2. The van der Waals surface area contributed by atoms with E-state index in [0.717, 1.165) is 16.5 Å². The summed E-state index contributed by atoms with van der Waals surface area (Å²) in [5.41, 5.74) is 2.35. The SMILES string of the molecule is COc1cccc(C(=O)Nc2ccc(C(=O)Nc3cccc4ccccc34)cc2)c1. The number of benzene rings is 4. The lowest BCUT2D eigenvalue weighted by atomic mass is 10.1. The molecule has 0 radical (unpaired) electrons. The van der Waals surface area contributed by atoms with Gasteiger partial charge in [0, 0.05) is 27.9 Å². The van der Waals surface area contributed by atoms with Crippen molar-refractivity contribution in [2.45, 2.75) is 0 Å². The zero-order valence-electron chi connectivity index (χ0n) is 16.4. The van der Waals surface area contributed by atoms with E-state index in [0.29, 0.717) is 22.6 Å². The largest absolute Gasteiger partial charge is 0.497 e. The maximum absolute atomic E-state index is 12.7. The fourth-order valence-corrected chi connectivity index (χ4v) is 3.20. The van der Waals surface area contributed by atoms with Crippen LogP contribution < -0.4 is 15.4 Å². The van der Waals surface area contributed by atoms with E-state index in [1.165, 1.54) is 0 Å². The zero-order chi connectivity index (χ0) is 20.9. The van der Waals surface area contributed by atoms with E-state index in [1.807, 2.05) is 42.5 Å². The van der Waals surface area contributed by atoms with Crippen molar-refractivity contribution in [2.24, 2.45) is 0 Å². The van der Waals surface area contributed by atoms with Crippen LogP contribution in [-0.4, -0.2) is 18.9 Å². The van der Waals surface area contributed by atoms with Crippen molar-refractivity contribution in [3.8, 4) is 5.75 Å². The van der Waals surface area contributed by atoms with Gasteiger partial charge in [-0.1, -0.05) is 42.5 Å². The number of fused-ring (bicyclic) bond motifs is 1. The maximum atomic E-state index is 12.7. The molecule has 2 amide bonds. The normalized spacial score (nSPS) is 10.4. The summed E-state index contributed by atoms with van der Waals surface area (Å²) in [7, 11) is 1.55. The Morgan fingerprint density at radius 1 is 0.700 bits per heavy atom. The first-order chi connectivity index (χ1) is 14.6. The van der Waals surface area contributed by atoms with Gasteiger partial charge in [-0.25, -0.2) is 0 Å². The van der Waals surface area contributed by atoms with E-state index < -0.39 is 0 Å². The Balaban J connectivity index is 1.46. The van der Waals surface area contributed by atoms with Crippen molar-refractivity contribution >= 4 is 34.0 Å². The van der Waals surface area contributed by atoms with E-state index in [2.05, 4.69) is 10.6 Å². The Morgan fingerprint density at radius 2 is 1.40 bits per heavy atom. The summed E-state index contributed by atoms with van der Waals surface area (Å²) < 4.78 is 5.15. The van der Waals surface area contributed by atoms with Gasteiger partial charge in [-0.2, -0.15) is 0 Å². The predicted molar refractivity (Wildman–Crippen MR) is 119 cm³/mol. The van der Waals surface area contributed by atoms with Crippen LogP contribution in [0.25, 0.3) is 10.8 Å². The first kappa shape index (κ1) is 19.2. The van der Waals surface area contributed by atoms with Crippen LogP contribution in [0.3, 0.4) is 0 Å². The molecule has 148 valence electrons. The molecule has 2 N–H and O–H groups in total. The van der Waals surface area contributed by atoms with Crippen LogP contribution in [0.2, 0.25) is 0 Å². The minimum absolute atomic E-state index is 0.211. The molecule has 4 aromatic rings. The van der Waals surface area contributed by atoms with Crippen LogP contribution in [-0.2, 0) is 0 Å². The fraction of sp³-hybridized carbons (Fsp3) is 0.0400.